The normalized spacial score (nSPS) is 16.8. The second-order valence-electron chi connectivity index (χ2n) is 4.88. The number of aliphatic hydroxyl groups excluding tert-OH is 1. The van der Waals surface area contributed by atoms with E-state index in [4.69, 9.17) is 15.6 Å². The van der Waals surface area contributed by atoms with E-state index in [0.29, 0.717) is 26.1 Å². The Morgan fingerprint density at radius 3 is 2.74 bits per heavy atom. The highest BCUT2D eigenvalue weighted by atomic mass is 16.6. The van der Waals surface area contributed by atoms with Crippen LogP contribution in [-0.4, -0.2) is 41.8 Å². The van der Waals surface area contributed by atoms with Crippen molar-refractivity contribution in [3.63, 3.8) is 0 Å². The van der Waals surface area contributed by atoms with Crippen molar-refractivity contribution in [3.8, 4) is 0 Å². The summed E-state index contributed by atoms with van der Waals surface area (Å²) in [6.07, 6.45) is 0.286. The smallest absolute Gasteiger partial charge is 0.410 e. The van der Waals surface area contributed by atoms with Gasteiger partial charge in [0.2, 0.25) is 0 Å². The molecule has 0 spiro atoms. The molecule has 1 aromatic carbocycles. The van der Waals surface area contributed by atoms with Gasteiger partial charge in [0, 0.05) is 31.7 Å². The molecule has 0 radical (unpaired) electrons. The van der Waals surface area contributed by atoms with E-state index in [1.54, 1.807) is 4.90 Å². The minimum absolute atomic E-state index is 0.0387. The molecular formula is C14H20N2O3. The second-order valence-corrected chi connectivity index (χ2v) is 4.88. The zero-order chi connectivity index (χ0) is 13.7. The molecule has 0 aromatic heterocycles. The van der Waals surface area contributed by atoms with Crippen LogP contribution in [0.15, 0.2) is 30.3 Å². The number of likely N-dealkylation sites (tertiary alicyclic amines) is 1. The largest absolute Gasteiger partial charge is 0.445 e. The number of hydrogen-bond acceptors (Lipinski definition) is 4. The van der Waals surface area contributed by atoms with E-state index < -0.39 is 0 Å². The third-order valence-corrected chi connectivity index (χ3v) is 3.44. The van der Waals surface area contributed by atoms with Crippen molar-refractivity contribution in [2.24, 2.45) is 11.7 Å². The number of amides is 1. The van der Waals surface area contributed by atoms with Crippen LogP contribution in [0.2, 0.25) is 0 Å². The van der Waals surface area contributed by atoms with E-state index in [-0.39, 0.29) is 24.7 Å². The van der Waals surface area contributed by atoms with Crippen molar-refractivity contribution in [2.45, 2.75) is 19.1 Å². The third kappa shape index (κ3) is 3.68. The van der Waals surface area contributed by atoms with Gasteiger partial charge in [0.1, 0.15) is 6.61 Å². The number of nitrogens with two attached hydrogens (primary N) is 1. The monoisotopic (exact) mass is 264 g/mol. The third-order valence-electron chi connectivity index (χ3n) is 3.44. The van der Waals surface area contributed by atoms with Crippen LogP contribution in [0.1, 0.15) is 12.0 Å². The topological polar surface area (TPSA) is 75.8 Å². The van der Waals surface area contributed by atoms with Gasteiger partial charge >= 0.3 is 6.09 Å². The van der Waals surface area contributed by atoms with Crippen molar-refractivity contribution in [1.29, 1.82) is 0 Å². The molecule has 1 fully saturated rings. The first-order valence-corrected chi connectivity index (χ1v) is 6.52. The van der Waals surface area contributed by atoms with Crippen molar-refractivity contribution in [3.05, 3.63) is 35.9 Å². The summed E-state index contributed by atoms with van der Waals surface area (Å²) in [6.45, 7) is 1.63. The maximum Gasteiger partial charge on any atom is 0.410 e. The van der Waals surface area contributed by atoms with Gasteiger partial charge in [-0.25, -0.2) is 4.79 Å². The SMILES string of the molecule is NC(CCO)C1CN(C(=O)OCc2ccccc2)C1. The Labute approximate surface area is 113 Å². The van der Waals surface area contributed by atoms with Crippen LogP contribution >= 0.6 is 0 Å². The number of ether oxygens (including phenoxy) is 1. The van der Waals surface area contributed by atoms with E-state index in [1.165, 1.54) is 0 Å². The van der Waals surface area contributed by atoms with Crippen molar-refractivity contribution in [1.82, 2.24) is 4.90 Å². The molecule has 5 heteroatoms. The molecule has 0 aliphatic carbocycles. The van der Waals surface area contributed by atoms with E-state index in [0.717, 1.165) is 5.56 Å². The molecule has 104 valence electrons. The van der Waals surface area contributed by atoms with Gasteiger partial charge in [0.15, 0.2) is 0 Å². The molecule has 5 nitrogen and oxygen atoms in total. The van der Waals surface area contributed by atoms with Crippen molar-refractivity contribution >= 4 is 6.09 Å². The molecule has 2 rings (SSSR count). The lowest BCUT2D eigenvalue weighted by molar-refractivity contribution is 0.0394. The molecule has 19 heavy (non-hydrogen) atoms. The van der Waals surface area contributed by atoms with E-state index in [2.05, 4.69) is 0 Å². The molecule has 1 aliphatic rings. The fourth-order valence-corrected chi connectivity index (χ4v) is 2.13. The van der Waals surface area contributed by atoms with Crippen LogP contribution in [0.4, 0.5) is 4.79 Å². The second kappa shape index (κ2) is 6.54. The highest BCUT2D eigenvalue weighted by Crippen LogP contribution is 2.20. The number of rotatable bonds is 5. The average Bonchev–Trinajstić information content (AvgIpc) is 2.36. The first kappa shape index (κ1) is 13.8. The summed E-state index contributed by atoms with van der Waals surface area (Å²) in [4.78, 5) is 13.4. The fourth-order valence-electron chi connectivity index (χ4n) is 2.13. The Balaban J connectivity index is 1.69. The number of nitrogens with zero attached hydrogens (tertiary/aromatic N) is 1. The van der Waals surface area contributed by atoms with Gasteiger partial charge in [-0.05, 0) is 12.0 Å². The summed E-state index contributed by atoms with van der Waals surface area (Å²) in [5.74, 6) is 0.274. The summed E-state index contributed by atoms with van der Waals surface area (Å²) in [7, 11) is 0. The Kier molecular flexibility index (Phi) is 4.76. The lowest BCUT2D eigenvalue weighted by Gasteiger charge is -2.41. The van der Waals surface area contributed by atoms with Crippen LogP contribution in [0, 0.1) is 5.92 Å². The molecule has 1 saturated heterocycles. The molecule has 1 heterocycles. The maximum atomic E-state index is 11.7. The molecule has 0 saturated carbocycles. The Morgan fingerprint density at radius 2 is 2.11 bits per heavy atom. The Morgan fingerprint density at radius 1 is 1.42 bits per heavy atom. The summed E-state index contributed by atoms with van der Waals surface area (Å²) < 4.78 is 5.22. The summed E-state index contributed by atoms with van der Waals surface area (Å²) in [6, 6.07) is 9.55. The van der Waals surface area contributed by atoms with Crippen molar-refractivity contribution in [2.75, 3.05) is 19.7 Å². The number of hydrogen-bond donors (Lipinski definition) is 2. The first-order chi connectivity index (χ1) is 9.20. The van der Waals surface area contributed by atoms with E-state index in [9.17, 15) is 4.79 Å². The van der Waals surface area contributed by atoms with Crippen LogP contribution in [0.5, 0.6) is 0 Å². The van der Waals surface area contributed by atoms with Gasteiger partial charge in [-0.2, -0.15) is 0 Å². The van der Waals surface area contributed by atoms with Gasteiger partial charge in [-0.1, -0.05) is 30.3 Å². The van der Waals surface area contributed by atoms with Crippen LogP contribution < -0.4 is 5.73 Å². The zero-order valence-corrected chi connectivity index (χ0v) is 10.9. The van der Waals surface area contributed by atoms with Gasteiger partial charge in [0.25, 0.3) is 0 Å². The van der Waals surface area contributed by atoms with Gasteiger partial charge in [0.05, 0.1) is 0 Å². The lowest BCUT2D eigenvalue weighted by atomic mass is 9.91. The summed E-state index contributed by atoms with van der Waals surface area (Å²) in [5, 5.41) is 8.81. The summed E-state index contributed by atoms with van der Waals surface area (Å²) >= 11 is 0. The first-order valence-electron chi connectivity index (χ1n) is 6.52. The molecule has 1 unspecified atom stereocenters. The van der Waals surface area contributed by atoms with E-state index >= 15 is 0 Å². The van der Waals surface area contributed by atoms with Crippen LogP contribution in [-0.2, 0) is 11.3 Å². The molecule has 1 amide bonds. The van der Waals surface area contributed by atoms with Crippen LogP contribution in [0.25, 0.3) is 0 Å². The molecule has 1 atom stereocenters. The predicted molar refractivity (Wildman–Crippen MR) is 71.4 cm³/mol. The highest BCUT2D eigenvalue weighted by Gasteiger charge is 2.35. The van der Waals surface area contributed by atoms with E-state index in [1.807, 2.05) is 30.3 Å². The number of benzene rings is 1. The molecule has 3 N–H and O–H groups in total. The number of aliphatic hydroxyl groups is 1. The maximum absolute atomic E-state index is 11.7. The fraction of sp³-hybridized carbons (Fsp3) is 0.500. The Bertz CT molecular complexity index is 404. The Hall–Kier alpha value is -1.59. The molecule has 1 aromatic rings. The predicted octanol–water partition coefficient (Wildman–Crippen LogP) is 0.965. The van der Waals surface area contributed by atoms with Gasteiger partial charge in [-0.15, -0.1) is 0 Å². The minimum Gasteiger partial charge on any atom is -0.445 e. The zero-order valence-electron chi connectivity index (χ0n) is 10.9. The number of carbonyl (C=O) groups excluding carboxylic acids is 1. The van der Waals surface area contributed by atoms with Crippen LogP contribution in [0.3, 0.4) is 0 Å². The standard InChI is InChI=1S/C14H20N2O3/c15-13(6-7-17)12-8-16(9-12)14(18)19-10-11-4-2-1-3-5-11/h1-5,12-13,17H,6-10,15H2. The highest BCUT2D eigenvalue weighted by molar-refractivity contribution is 5.68. The van der Waals surface area contributed by atoms with Gasteiger partial charge < -0.3 is 20.5 Å². The average molecular weight is 264 g/mol. The molecule has 1 aliphatic heterocycles. The minimum atomic E-state index is -0.295. The molecular weight excluding hydrogens is 244 g/mol. The molecule has 0 bridgehead atoms. The summed E-state index contributed by atoms with van der Waals surface area (Å²) in [5.41, 5.74) is 6.85. The lowest BCUT2D eigenvalue weighted by Crippen LogP contribution is -2.56. The quantitative estimate of drug-likeness (QED) is 0.830. The number of carbonyl (C=O) groups is 1. The van der Waals surface area contributed by atoms with Crippen molar-refractivity contribution < 1.29 is 14.6 Å². The van der Waals surface area contributed by atoms with Gasteiger partial charge in [-0.3, -0.25) is 0 Å².